The molecule has 3 heterocycles. The number of nitrogens with two attached hydrogens (primary N) is 1. The summed E-state index contributed by atoms with van der Waals surface area (Å²) in [6.07, 6.45) is 1.67. The Bertz CT molecular complexity index is 697. The SMILES string of the molecule is CN1CCN(C(=O)c2sc3ncccc3c2N)CC1=O. The van der Waals surface area contributed by atoms with Gasteiger partial charge in [-0.15, -0.1) is 11.3 Å². The minimum Gasteiger partial charge on any atom is -0.397 e. The number of hydrogen-bond acceptors (Lipinski definition) is 5. The molecule has 0 unspecified atom stereocenters. The summed E-state index contributed by atoms with van der Waals surface area (Å²) >= 11 is 1.28. The Kier molecular flexibility index (Phi) is 3.06. The Morgan fingerprint density at radius 2 is 2.25 bits per heavy atom. The lowest BCUT2D eigenvalue weighted by molar-refractivity contribution is -0.133. The zero-order valence-corrected chi connectivity index (χ0v) is 11.8. The Morgan fingerprint density at radius 1 is 1.45 bits per heavy atom. The zero-order chi connectivity index (χ0) is 14.3. The second-order valence-electron chi connectivity index (χ2n) is 4.74. The molecule has 0 spiro atoms. The molecule has 7 heteroatoms. The molecule has 2 aromatic rings. The molecule has 1 aliphatic heterocycles. The first-order valence-corrected chi connectivity index (χ1v) is 7.06. The summed E-state index contributed by atoms with van der Waals surface area (Å²) < 4.78 is 0. The summed E-state index contributed by atoms with van der Waals surface area (Å²) in [6, 6.07) is 3.64. The van der Waals surface area contributed by atoms with Gasteiger partial charge in [0.25, 0.3) is 5.91 Å². The molecule has 20 heavy (non-hydrogen) atoms. The van der Waals surface area contributed by atoms with Crippen molar-refractivity contribution in [2.45, 2.75) is 0 Å². The second kappa shape index (κ2) is 4.75. The first-order chi connectivity index (χ1) is 9.58. The van der Waals surface area contributed by atoms with Gasteiger partial charge in [0.1, 0.15) is 16.3 Å². The molecule has 2 N–H and O–H groups in total. The Balaban J connectivity index is 1.93. The predicted octanol–water partition coefficient (Wildman–Crippen LogP) is 0.793. The highest BCUT2D eigenvalue weighted by Gasteiger charge is 2.28. The topological polar surface area (TPSA) is 79.5 Å². The number of aromatic nitrogens is 1. The molecular weight excluding hydrogens is 276 g/mol. The molecule has 2 aromatic heterocycles. The molecule has 0 bridgehead atoms. The molecular formula is C13H14N4O2S. The predicted molar refractivity (Wildman–Crippen MR) is 77.6 cm³/mol. The van der Waals surface area contributed by atoms with Crippen LogP contribution in [0.5, 0.6) is 0 Å². The van der Waals surface area contributed by atoms with Gasteiger partial charge in [0.05, 0.1) is 5.69 Å². The number of anilines is 1. The van der Waals surface area contributed by atoms with Crippen LogP contribution in [0.3, 0.4) is 0 Å². The molecule has 1 saturated heterocycles. The van der Waals surface area contributed by atoms with Gasteiger partial charge in [-0.2, -0.15) is 0 Å². The van der Waals surface area contributed by atoms with Gasteiger partial charge < -0.3 is 15.5 Å². The van der Waals surface area contributed by atoms with Crippen LogP contribution in [-0.2, 0) is 4.79 Å². The Hall–Kier alpha value is -2.15. The van der Waals surface area contributed by atoms with Crippen molar-refractivity contribution in [1.82, 2.24) is 14.8 Å². The molecule has 0 radical (unpaired) electrons. The summed E-state index contributed by atoms with van der Waals surface area (Å²) in [7, 11) is 1.74. The van der Waals surface area contributed by atoms with E-state index in [2.05, 4.69) is 4.98 Å². The van der Waals surface area contributed by atoms with Crippen LogP contribution in [0.2, 0.25) is 0 Å². The highest BCUT2D eigenvalue weighted by atomic mass is 32.1. The smallest absolute Gasteiger partial charge is 0.266 e. The number of nitrogens with zero attached hydrogens (tertiary/aromatic N) is 3. The minimum atomic E-state index is -0.188. The van der Waals surface area contributed by atoms with Crippen molar-refractivity contribution in [1.29, 1.82) is 0 Å². The number of thiophene rings is 1. The lowest BCUT2D eigenvalue weighted by Crippen LogP contribution is -2.50. The van der Waals surface area contributed by atoms with Crippen LogP contribution in [-0.4, -0.2) is 53.3 Å². The minimum absolute atomic E-state index is 0.0533. The maximum atomic E-state index is 12.5. The first kappa shape index (κ1) is 12.9. The van der Waals surface area contributed by atoms with Crippen LogP contribution in [0.15, 0.2) is 18.3 Å². The van der Waals surface area contributed by atoms with Crippen molar-refractivity contribution < 1.29 is 9.59 Å². The number of carbonyl (C=O) groups is 2. The van der Waals surface area contributed by atoms with E-state index in [4.69, 9.17) is 5.73 Å². The van der Waals surface area contributed by atoms with Gasteiger partial charge in [-0.1, -0.05) is 0 Å². The number of hydrogen-bond donors (Lipinski definition) is 1. The lowest BCUT2D eigenvalue weighted by atomic mass is 10.2. The van der Waals surface area contributed by atoms with Crippen LogP contribution in [0.4, 0.5) is 5.69 Å². The van der Waals surface area contributed by atoms with Gasteiger partial charge in [0.15, 0.2) is 0 Å². The van der Waals surface area contributed by atoms with Gasteiger partial charge in [0.2, 0.25) is 5.91 Å². The summed E-state index contributed by atoms with van der Waals surface area (Å²) in [6.45, 7) is 1.19. The molecule has 3 rings (SSSR count). The normalized spacial score (nSPS) is 15.9. The molecule has 104 valence electrons. The molecule has 0 aliphatic carbocycles. The molecule has 6 nitrogen and oxygen atoms in total. The van der Waals surface area contributed by atoms with Gasteiger partial charge in [-0.25, -0.2) is 4.98 Å². The van der Waals surface area contributed by atoms with E-state index in [1.165, 1.54) is 11.3 Å². The average Bonchev–Trinajstić information content (AvgIpc) is 2.79. The summed E-state index contributed by atoms with van der Waals surface area (Å²) in [5, 5.41) is 0.793. The van der Waals surface area contributed by atoms with Gasteiger partial charge in [-0.3, -0.25) is 9.59 Å². The van der Waals surface area contributed by atoms with E-state index in [0.717, 1.165) is 10.2 Å². The van der Waals surface area contributed by atoms with Crippen LogP contribution >= 0.6 is 11.3 Å². The van der Waals surface area contributed by atoms with Crippen LogP contribution < -0.4 is 5.73 Å². The van der Waals surface area contributed by atoms with Crippen LogP contribution in [0.25, 0.3) is 10.2 Å². The maximum absolute atomic E-state index is 12.5. The van der Waals surface area contributed by atoms with Crippen molar-refractivity contribution in [3.8, 4) is 0 Å². The third kappa shape index (κ3) is 2.00. The van der Waals surface area contributed by atoms with Crippen LogP contribution in [0.1, 0.15) is 9.67 Å². The number of carbonyl (C=O) groups excluding carboxylic acids is 2. The van der Waals surface area contributed by atoms with Crippen molar-refractivity contribution in [3.63, 3.8) is 0 Å². The van der Waals surface area contributed by atoms with Crippen molar-refractivity contribution in [2.24, 2.45) is 0 Å². The largest absolute Gasteiger partial charge is 0.397 e. The fourth-order valence-corrected chi connectivity index (χ4v) is 3.22. The second-order valence-corrected chi connectivity index (χ2v) is 5.74. The summed E-state index contributed by atoms with van der Waals surface area (Å²) in [5.41, 5.74) is 6.49. The number of piperazine rings is 1. The van der Waals surface area contributed by atoms with E-state index in [1.54, 1.807) is 29.1 Å². The quantitative estimate of drug-likeness (QED) is 0.842. The maximum Gasteiger partial charge on any atom is 0.266 e. The van der Waals surface area contributed by atoms with E-state index >= 15 is 0 Å². The number of pyridine rings is 1. The molecule has 0 atom stereocenters. The van der Waals surface area contributed by atoms with Crippen molar-refractivity contribution >= 4 is 39.1 Å². The molecule has 0 saturated carbocycles. The third-order valence-corrected chi connectivity index (χ3v) is 4.56. The molecule has 0 aromatic carbocycles. The highest BCUT2D eigenvalue weighted by Crippen LogP contribution is 2.32. The van der Waals surface area contributed by atoms with E-state index in [-0.39, 0.29) is 18.4 Å². The summed E-state index contributed by atoms with van der Waals surface area (Å²) in [5.74, 6) is -0.241. The highest BCUT2D eigenvalue weighted by molar-refractivity contribution is 7.21. The van der Waals surface area contributed by atoms with Gasteiger partial charge >= 0.3 is 0 Å². The van der Waals surface area contributed by atoms with E-state index in [9.17, 15) is 9.59 Å². The first-order valence-electron chi connectivity index (χ1n) is 6.24. The number of nitrogen functional groups attached to an aromatic ring is 1. The number of likely N-dealkylation sites (N-methyl/N-ethyl adjacent to an activating group) is 1. The number of amides is 2. The third-order valence-electron chi connectivity index (χ3n) is 3.44. The standard InChI is InChI=1S/C13H14N4O2S/c1-16-5-6-17(7-9(16)18)13(19)11-10(14)8-3-2-4-15-12(8)20-11/h2-4H,5-7,14H2,1H3. The molecule has 2 amide bonds. The van der Waals surface area contributed by atoms with E-state index in [0.29, 0.717) is 23.7 Å². The van der Waals surface area contributed by atoms with Gasteiger partial charge in [-0.05, 0) is 12.1 Å². The Labute approximate surface area is 119 Å². The fraction of sp³-hybridized carbons (Fsp3) is 0.308. The zero-order valence-electron chi connectivity index (χ0n) is 11.0. The summed E-state index contributed by atoms with van der Waals surface area (Å²) in [4.78, 5) is 32.8. The van der Waals surface area contributed by atoms with Crippen molar-refractivity contribution in [2.75, 3.05) is 32.4 Å². The monoisotopic (exact) mass is 290 g/mol. The van der Waals surface area contributed by atoms with Gasteiger partial charge in [0, 0.05) is 31.7 Å². The van der Waals surface area contributed by atoms with E-state index in [1.807, 2.05) is 6.07 Å². The fourth-order valence-electron chi connectivity index (χ4n) is 2.19. The molecule has 1 aliphatic rings. The number of fused-ring (bicyclic) bond motifs is 1. The lowest BCUT2D eigenvalue weighted by Gasteiger charge is -2.31. The molecule has 1 fully saturated rings. The van der Waals surface area contributed by atoms with Crippen LogP contribution in [0, 0.1) is 0 Å². The average molecular weight is 290 g/mol. The van der Waals surface area contributed by atoms with Crippen molar-refractivity contribution in [3.05, 3.63) is 23.2 Å². The Morgan fingerprint density at radius 3 is 2.95 bits per heavy atom. The number of rotatable bonds is 1. The van der Waals surface area contributed by atoms with E-state index < -0.39 is 0 Å².